The fraction of sp³-hybridized carbons (Fsp3) is 0.375. The standard InChI is InChI=1S/C16H21N3O2/c1-4-12-5-7-13(8-6-12)15(20)11-19-16(21)9-14(10-17-19)18(2)3/h5-10,15,20H,4,11H2,1-3H3. The lowest BCUT2D eigenvalue weighted by Gasteiger charge is -2.15. The van der Waals surface area contributed by atoms with Crippen LogP contribution in [0.15, 0.2) is 41.3 Å². The van der Waals surface area contributed by atoms with Gasteiger partial charge in [-0.1, -0.05) is 31.2 Å². The van der Waals surface area contributed by atoms with Gasteiger partial charge in [-0.3, -0.25) is 4.79 Å². The SMILES string of the molecule is CCc1ccc(C(O)Cn2ncc(N(C)C)cc2=O)cc1. The zero-order valence-corrected chi connectivity index (χ0v) is 12.7. The largest absolute Gasteiger partial charge is 0.386 e. The van der Waals surface area contributed by atoms with Gasteiger partial charge in [0.25, 0.3) is 5.56 Å². The second-order valence-corrected chi connectivity index (χ2v) is 5.24. The van der Waals surface area contributed by atoms with Gasteiger partial charge in [-0.25, -0.2) is 4.68 Å². The van der Waals surface area contributed by atoms with Gasteiger partial charge in [0.1, 0.15) is 0 Å². The number of aryl methyl sites for hydroxylation is 1. The summed E-state index contributed by atoms with van der Waals surface area (Å²) < 4.78 is 1.28. The molecule has 0 spiro atoms. The Balaban J connectivity index is 2.15. The summed E-state index contributed by atoms with van der Waals surface area (Å²) in [7, 11) is 3.70. The fourth-order valence-corrected chi connectivity index (χ4v) is 2.05. The van der Waals surface area contributed by atoms with Crippen LogP contribution in [0, 0.1) is 0 Å². The Hall–Kier alpha value is -2.14. The van der Waals surface area contributed by atoms with E-state index in [0.717, 1.165) is 17.7 Å². The minimum Gasteiger partial charge on any atom is -0.386 e. The molecular weight excluding hydrogens is 266 g/mol. The number of nitrogens with zero attached hydrogens (tertiary/aromatic N) is 3. The average molecular weight is 287 g/mol. The molecule has 2 aromatic rings. The summed E-state index contributed by atoms with van der Waals surface area (Å²) >= 11 is 0. The molecule has 1 unspecified atom stereocenters. The zero-order chi connectivity index (χ0) is 15.4. The predicted octanol–water partition coefficient (Wildman–Crippen LogP) is 1.61. The number of anilines is 1. The fourth-order valence-electron chi connectivity index (χ4n) is 2.05. The van der Waals surface area contributed by atoms with E-state index >= 15 is 0 Å². The molecule has 1 heterocycles. The number of aliphatic hydroxyl groups excluding tert-OH is 1. The van der Waals surface area contributed by atoms with Crippen LogP contribution in [0.25, 0.3) is 0 Å². The van der Waals surface area contributed by atoms with Gasteiger partial charge in [-0.15, -0.1) is 0 Å². The molecule has 112 valence electrons. The van der Waals surface area contributed by atoms with Crippen molar-refractivity contribution in [3.8, 4) is 0 Å². The first-order chi connectivity index (χ1) is 10.0. The first kappa shape index (κ1) is 15.3. The molecule has 1 atom stereocenters. The topological polar surface area (TPSA) is 58.4 Å². The zero-order valence-electron chi connectivity index (χ0n) is 12.7. The molecule has 0 bridgehead atoms. The highest BCUT2D eigenvalue weighted by Crippen LogP contribution is 2.15. The monoisotopic (exact) mass is 287 g/mol. The molecule has 0 aliphatic heterocycles. The highest BCUT2D eigenvalue weighted by atomic mass is 16.3. The number of aromatic nitrogens is 2. The average Bonchev–Trinajstić information content (AvgIpc) is 2.49. The van der Waals surface area contributed by atoms with Crippen molar-refractivity contribution in [2.24, 2.45) is 0 Å². The highest BCUT2D eigenvalue weighted by molar-refractivity contribution is 5.40. The van der Waals surface area contributed by atoms with Crippen LogP contribution in [0.3, 0.4) is 0 Å². The maximum absolute atomic E-state index is 12.0. The number of hydrogen-bond acceptors (Lipinski definition) is 4. The maximum atomic E-state index is 12.0. The van der Waals surface area contributed by atoms with Crippen LogP contribution in [0.2, 0.25) is 0 Å². The molecule has 2 rings (SSSR count). The summed E-state index contributed by atoms with van der Waals surface area (Å²) in [5, 5.41) is 14.3. The molecule has 5 nitrogen and oxygen atoms in total. The van der Waals surface area contributed by atoms with Gasteiger partial charge in [0.05, 0.1) is 24.5 Å². The summed E-state index contributed by atoms with van der Waals surface area (Å²) in [5.41, 5.74) is 2.54. The lowest BCUT2D eigenvalue weighted by Crippen LogP contribution is -2.26. The van der Waals surface area contributed by atoms with E-state index in [1.54, 1.807) is 6.20 Å². The summed E-state index contributed by atoms with van der Waals surface area (Å²) in [6.45, 7) is 2.24. The molecule has 0 aliphatic rings. The van der Waals surface area contributed by atoms with Crippen LogP contribution in [0.5, 0.6) is 0 Å². The van der Waals surface area contributed by atoms with Crippen molar-refractivity contribution in [1.82, 2.24) is 9.78 Å². The second-order valence-electron chi connectivity index (χ2n) is 5.24. The number of aliphatic hydroxyl groups is 1. The van der Waals surface area contributed by atoms with Crippen molar-refractivity contribution in [3.63, 3.8) is 0 Å². The molecule has 0 saturated heterocycles. The van der Waals surface area contributed by atoms with E-state index in [-0.39, 0.29) is 12.1 Å². The lowest BCUT2D eigenvalue weighted by atomic mass is 10.1. The van der Waals surface area contributed by atoms with Gasteiger partial charge in [-0.2, -0.15) is 5.10 Å². The Bertz CT molecular complexity index is 647. The quantitative estimate of drug-likeness (QED) is 0.907. The third-order valence-corrected chi connectivity index (χ3v) is 3.49. The Labute approximate surface area is 124 Å². The molecule has 0 aliphatic carbocycles. The molecular formula is C16H21N3O2. The maximum Gasteiger partial charge on any atom is 0.268 e. The van der Waals surface area contributed by atoms with E-state index in [9.17, 15) is 9.90 Å². The van der Waals surface area contributed by atoms with Crippen molar-refractivity contribution in [1.29, 1.82) is 0 Å². The van der Waals surface area contributed by atoms with Gasteiger partial charge >= 0.3 is 0 Å². The van der Waals surface area contributed by atoms with Gasteiger partial charge in [-0.05, 0) is 17.5 Å². The third kappa shape index (κ3) is 3.70. The molecule has 1 N–H and O–H groups in total. The van der Waals surface area contributed by atoms with Gasteiger partial charge in [0.2, 0.25) is 0 Å². The van der Waals surface area contributed by atoms with Crippen molar-refractivity contribution in [2.75, 3.05) is 19.0 Å². The molecule has 0 saturated carbocycles. The Morgan fingerprint density at radius 1 is 1.29 bits per heavy atom. The Kier molecular flexibility index (Phi) is 4.75. The first-order valence-electron chi connectivity index (χ1n) is 7.02. The Morgan fingerprint density at radius 3 is 2.48 bits per heavy atom. The van der Waals surface area contributed by atoms with E-state index in [1.165, 1.54) is 16.3 Å². The molecule has 1 aromatic heterocycles. The van der Waals surface area contributed by atoms with E-state index in [0.29, 0.717) is 0 Å². The molecule has 1 aromatic carbocycles. The lowest BCUT2D eigenvalue weighted by molar-refractivity contribution is 0.149. The Morgan fingerprint density at radius 2 is 1.95 bits per heavy atom. The van der Waals surface area contributed by atoms with Crippen molar-refractivity contribution < 1.29 is 5.11 Å². The number of rotatable bonds is 5. The van der Waals surface area contributed by atoms with Gasteiger partial charge in [0.15, 0.2) is 0 Å². The summed E-state index contributed by atoms with van der Waals surface area (Å²) in [6.07, 6.45) is 1.84. The van der Waals surface area contributed by atoms with Crippen LogP contribution in [-0.2, 0) is 13.0 Å². The van der Waals surface area contributed by atoms with Crippen LogP contribution in [0.1, 0.15) is 24.2 Å². The van der Waals surface area contributed by atoms with Gasteiger partial charge < -0.3 is 10.0 Å². The summed E-state index contributed by atoms with van der Waals surface area (Å²) in [4.78, 5) is 13.8. The first-order valence-corrected chi connectivity index (χ1v) is 7.02. The molecule has 5 heteroatoms. The number of hydrogen-bond donors (Lipinski definition) is 1. The van der Waals surface area contributed by atoms with E-state index in [1.807, 2.05) is 43.3 Å². The van der Waals surface area contributed by atoms with Crippen molar-refractivity contribution in [3.05, 3.63) is 58.0 Å². The summed E-state index contributed by atoms with van der Waals surface area (Å²) in [5.74, 6) is 0. The smallest absolute Gasteiger partial charge is 0.268 e. The normalized spacial score (nSPS) is 12.2. The van der Waals surface area contributed by atoms with Crippen molar-refractivity contribution >= 4 is 5.69 Å². The minimum absolute atomic E-state index is 0.151. The van der Waals surface area contributed by atoms with Gasteiger partial charge in [0, 0.05) is 20.2 Å². The van der Waals surface area contributed by atoms with Crippen LogP contribution >= 0.6 is 0 Å². The number of benzene rings is 1. The molecule has 0 fully saturated rings. The predicted molar refractivity (Wildman–Crippen MR) is 83.6 cm³/mol. The summed E-state index contributed by atoms with van der Waals surface area (Å²) in [6, 6.07) is 9.28. The van der Waals surface area contributed by atoms with Crippen LogP contribution < -0.4 is 10.5 Å². The molecule has 21 heavy (non-hydrogen) atoms. The van der Waals surface area contributed by atoms with Crippen molar-refractivity contribution in [2.45, 2.75) is 26.0 Å². The van der Waals surface area contributed by atoms with E-state index < -0.39 is 6.10 Å². The molecule has 0 amide bonds. The molecule has 0 radical (unpaired) electrons. The van der Waals surface area contributed by atoms with Crippen LogP contribution in [-0.4, -0.2) is 29.0 Å². The van der Waals surface area contributed by atoms with E-state index in [4.69, 9.17) is 0 Å². The van der Waals surface area contributed by atoms with E-state index in [2.05, 4.69) is 12.0 Å². The van der Waals surface area contributed by atoms with Crippen LogP contribution in [0.4, 0.5) is 5.69 Å². The second kappa shape index (κ2) is 6.54. The minimum atomic E-state index is -0.744. The highest BCUT2D eigenvalue weighted by Gasteiger charge is 2.11. The third-order valence-electron chi connectivity index (χ3n) is 3.49.